The lowest BCUT2D eigenvalue weighted by Crippen LogP contribution is -2.48. The average Bonchev–Trinajstić information content (AvgIpc) is 2.59. The van der Waals surface area contributed by atoms with Gasteiger partial charge in [0.25, 0.3) is 0 Å². The molecule has 0 aliphatic heterocycles. The fourth-order valence-corrected chi connectivity index (χ4v) is 3.06. The van der Waals surface area contributed by atoms with Crippen molar-refractivity contribution < 1.29 is 23.1 Å². The van der Waals surface area contributed by atoms with Crippen molar-refractivity contribution in [2.45, 2.75) is 31.9 Å². The first kappa shape index (κ1) is 9.80. The molecule has 2 saturated carbocycles. The zero-order valence-corrected chi connectivity index (χ0v) is 7.47. The summed E-state index contributed by atoms with van der Waals surface area (Å²) >= 11 is 0. The zero-order chi connectivity index (χ0) is 10.6. The number of rotatable bonds is 1. The van der Waals surface area contributed by atoms with Crippen molar-refractivity contribution in [2.24, 2.45) is 17.3 Å². The molecule has 2 nitrogen and oxygen atoms in total. The number of hydrogen-bond acceptors (Lipinski definition) is 1. The van der Waals surface area contributed by atoms with Crippen molar-refractivity contribution in [1.29, 1.82) is 0 Å². The van der Waals surface area contributed by atoms with E-state index in [-0.39, 0.29) is 12.3 Å². The molecule has 80 valence electrons. The summed E-state index contributed by atoms with van der Waals surface area (Å²) in [7, 11) is 0. The van der Waals surface area contributed by atoms with E-state index in [1.807, 2.05) is 0 Å². The van der Waals surface area contributed by atoms with Crippen LogP contribution in [0, 0.1) is 17.3 Å². The van der Waals surface area contributed by atoms with Gasteiger partial charge >= 0.3 is 12.1 Å². The van der Waals surface area contributed by atoms with Crippen LogP contribution in [0.25, 0.3) is 0 Å². The standard InChI is InChI=1S/C9H11F3O2/c10-9(11,12)8(7(13)14)4-5-1-2-6(8)3-5/h5-6H,1-4H2,(H,13,14)/t5-,6+,8+/m0/s1. The number of carboxylic acids is 1. The van der Waals surface area contributed by atoms with E-state index in [9.17, 15) is 18.0 Å². The fraction of sp³-hybridized carbons (Fsp3) is 0.889. The molecule has 0 radical (unpaired) electrons. The van der Waals surface area contributed by atoms with Crippen LogP contribution >= 0.6 is 0 Å². The summed E-state index contributed by atoms with van der Waals surface area (Å²) in [6, 6.07) is 0. The second-order valence-corrected chi connectivity index (χ2v) is 4.35. The predicted molar refractivity (Wildman–Crippen MR) is 41.6 cm³/mol. The SMILES string of the molecule is O=C(O)[C@@]1(C(F)(F)F)C[C@H]2CC[C@@H]1C2. The Kier molecular flexibility index (Phi) is 1.85. The van der Waals surface area contributed by atoms with Gasteiger partial charge in [-0.1, -0.05) is 6.42 Å². The quantitative estimate of drug-likeness (QED) is 0.718. The molecule has 5 heteroatoms. The lowest BCUT2D eigenvalue weighted by atomic mass is 9.72. The minimum atomic E-state index is -4.60. The van der Waals surface area contributed by atoms with E-state index in [2.05, 4.69) is 0 Å². The van der Waals surface area contributed by atoms with E-state index in [4.69, 9.17) is 5.11 Å². The Morgan fingerprint density at radius 1 is 1.36 bits per heavy atom. The van der Waals surface area contributed by atoms with E-state index in [1.165, 1.54) is 0 Å². The van der Waals surface area contributed by atoms with E-state index in [1.54, 1.807) is 0 Å². The van der Waals surface area contributed by atoms with Gasteiger partial charge in [-0.15, -0.1) is 0 Å². The molecule has 0 heterocycles. The van der Waals surface area contributed by atoms with Crippen LogP contribution in [0.4, 0.5) is 13.2 Å². The van der Waals surface area contributed by atoms with Gasteiger partial charge in [0.2, 0.25) is 0 Å². The molecule has 0 aromatic heterocycles. The molecular formula is C9H11F3O2. The van der Waals surface area contributed by atoms with Crippen molar-refractivity contribution >= 4 is 5.97 Å². The van der Waals surface area contributed by atoms with Gasteiger partial charge in [0.1, 0.15) is 0 Å². The molecule has 1 N–H and O–H groups in total. The number of carbonyl (C=O) groups is 1. The van der Waals surface area contributed by atoms with Gasteiger partial charge in [-0.3, -0.25) is 4.79 Å². The molecule has 2 bridgehead atoms. The first-order chi connectivity index (χ1) is 6.38. The second kappa shape index (κ2) is 2.64. The lowest BCUT2D eigenvalue weighted by Gasteiger charge is -2.35. The molecule has 0 unspecified atom stereocenters. The summed E-state index contributed by atoms with van der Waals surface area (Å²) in [4.78, 5) is 10.8. The van der Waals surface area contributed by atoms with Crippen LogP contribution in [0.1, 0.15) is 25.7 Å². The third-order valence-corrected chi connectivity index (χ3v) is 3.74. The molecule has 0 spiro atoms. The maximum atomic E-state index is 12.7. The Labute approximate surface area is 79.1 Å². The van der Waals surface area contributed by atoms with Gasteiger partial charge in [-0.25, -0.2) is 0 Å². The molecular weight excluding hydrogens is 197 g/mol. The molecule has 0 aromatic carbocycles. The predicted octanol–water partition coefficient (Wildman–Crippen LogP) is 2.44. The Morgan fingerprint density at radius 2 is 2.00 bits per heavy atom. The van der Waals surface area contributed by atoms with Gasteiger partial charge in [-0.05, 0) is 31.1 Å². The highest BCUT2D eigenvalue weighted by atomic mass is 19.4. The molecule has 14 heavy (non-hydrogen) atoms. The van der Waals surface area contributed by atoms with Crippen molar-refractivity contribution in [1.82, 2.24) is 0 Å². The van der Waals surface area contributed by atoms with Gasteiger partial charge < -0.3 is 5.11 Å². The van der Waals surface area contributed by atoms with Crippen LogP contribution in [0.2, 0.25) is 0 Å². The van der Waals surface area contributed by atoms with Crippen LogP contribution in [-0.2, 0) is 4.79 Å². The molecule has 2 rings (SSSR count). The Hall–Kier alpha value is -0.740. The summed E-state index contributed by atoms with van der Waals surface area (Å²) in [6.07, 6.45) is -3.20. The van der Waals surface area contributed by atoms with Gasteiger partial charge in [-0.2, -0.15) is 13.2 Å². The molecule has 0 amide bonds. The minimum Gasteiger partial charge on any atom is -0.481 e. The zero-order valence-electron chi connectivity index (χ0n) is 7.47. The van der Waals surface area contributed by atoms with E-state index in [0.29, 0.717) is 12.8 Å². The molecule has 0 saturated heterocycles. The topological polar surface area (TPSA) is 37.3 Å². The molecule has 0 aromatic rings. The number of halogens is 3. The van der Waals surface area contributed by atoms with E-state index < -0.39 is 23.5 Å². The Bertz CT molecular complexity index is 274. The number of hydrogen-bond donors (Lipinski definition) is 1. The molecule has 3 atom stereocenters. The van der Waals surface area contributed by atoms with Crippen molar-refractivity contribution in [2.75, 3.05) is 0 Å². The Morgan fingerprint density at radius 3 is 2.21 bits per heavy atom. The normalized spacial score (nSPS) is 41.6. The average molecular weight is 208 g/mol. The number of alkyl halides is 3. The Balaban J connectivity index is 2.39. The van der Waals surface area contributed by atoms with Crippen LogP contribution in [0.5, 0.6) is 0 Å². The van der Waals surface area contributed by atoms with Gasteiger partial charge in [0.05, 0.1) is 0 Å². The fourth-order valence-electron chi connectivity index (χ4n) is 3.06. The summed E-state index contributed by atoms with van der Waals surface area (Å²) < 4.78 is 38.2. The summed E-state index contributed by atoms with van der Waals surface area (Å²) in [5.74, 6) is -2.40. The van der Waals surface area contributed by atoms with Gasteiger partial charge in [0, 0.05) is 0 Å². The summed E-state index contributed by atoms with van der Waals surface area (Å²) in [6.45, 7) is 0. The van der Waals surface area contributed by atoms with Crippen molar-refractivity contribution in [3.8, 4) is 0 Å². The summed E-state index contributed by atoms with van der Waals surface area (Å²) in [5.41, 5.74) is -2.43. The molecule has 2 aliphatic rings. The number of carboxylic acid groups (broad SMARTS) is 1. The largest absolute Gasteiger partial charge is 0.481 e. The van der Waals surface area contributed by atoms with E-state index >= 15 is 0 Å². The smallest absolute Gasteiger partial charge is 0.405 e. The highest BCUT2D eigenvalue weighted by Gasteiger charge is 2.69. The van der Waals surface area contributed by atoms with Crippen LogP contribution < -0.4 is 0 Å². The van der Waals surface area contributed by atoms with Crippen LogP contribution in [0.15, 0.2) is 0 Å². The second-order valence-electron chi connectivity index (χ2n) is 4.35. The van der Waals surface area contributed by atoms with E-state index in [0.717, 1.165) is 6.42 Å². The lowest BCUT2D eigenvalue weighted by molar-refractivity contribution is -0.244. The maximum absolute atomic E-state index is 12.7. The van der Waals surface area contributed by atoms with Crippen LogP contribution in [0.3, 0.4) is 0 Å². The monoisotopic (exact) mass is 208 g/mol. The molecule has 2 aliphatic carbocycles. The van der Waals surface area contributed by atoms with Crippen LogP contribution in [-0.4, -0.2) is 17.3 Å². The van der Waals surface area contributed by atoms with Gasteiger partial charge in [0.15, 0.2) is 5.41 Å². The highest BCUT2D eigenvalue weighted by Crippen LogP contribution is 2.62. The summed E-state index contributed by atoms with van der Waals surface area (Å²) in [5, 5.41) is 8.80. The number of fused-ring (bicyclic) bond motifs is 2. The van der Waals surface area contributed by atoms with Crippen molar-refractivity contribution in [3.63, 3.8) is 0 Å². The third kappa shape index (κ3) is 1.01. The minimum absolute atomic E-state index is 0.0299. The first-order valence-corrected chi connectivity index (χ1v) is 4.68. The first-order valence-electron chi connectivity index (χ1n) is 4.68. The molecule has 2 fully saturated rings. The third-order valence-electron chi connectivity index (χ3n) is 3.74. The number of aliphatic carboxylic acids is 1. The highest BCUT2D eigenvalue weighted by molar-refractivity contribution is 5.77. The van der Waals surface area contributed by atoms with Crippen molar-refractivity contribution in [3.05, 3.63) is 0 Å². The maximum Gasteiger partial charge on any atom is 0.405 e.